The molecule has 2 aliphatic rings. The number of methoxy groups -OCH3 is 1. The number of ether oxygens (including phenoxy) is 2. The van der Waals surface area contributed by atoms with Crippen molar-refractivity contribution in [1.29, 1.82) is 0 Å². The lowest BCUT2D eigenvalue weighted by molar-refractivity contribution is -0.136. The number of hydrogen-bond acceptors (Lipinski definition) is 7. The van der Waals surface area contributed by atoms with Gasteiger partial charge in [0.25, 0.3) is 0 Å². The van der Waals surface area contributed by atoms with Crippen LogP contribution in [0.2, 0.25) is 0 Å². The summed E-state index contributed by atoms with van der Waals surface area (Å²) in [5.41, 5.74) is 0.792. The second-order valence-corrected chi connectivity index (χ2v) is 7.99. The molecular formula is C23H29N5O4. The molecule has 0 bridgehead atoms. The van der Waals surface area contributed by atoms with Gasteiger partial charge in [0.05, 0.1) is 19.6 Å². The molecule has 3 heterocycles. The maximum atomic E-state index is 13.1. The van der Waals surface area contributed by atoms with Crippen molar-refractivity contribution in [1.82, 2.24) is 15.1 Å². The molecule has 9 nitrogen and oxygen atoms in total. The minimum atomic E-state index is -0.314. The van der Waals surface area contributed by atoms with Crippen molar-refractivity contribution < 1.29 is 19.1 Å². The quantitative estimate of drug-likeness (QED) is 0.652. The molecule has 170 valence electrons. The fraction of sp³-hybridized carbons (Fsp3) is 0.478. The molecule has 9 heteroatoms. The van der Waals surface area contributed by atoms with Crippen LogP contribution >= 0.6 is 0 Å². The molecule has 0 radical (unpaired) electrons. The monoisotopic (exact) mass is 439 g/mol. The summed E-state index contributed by atoms with van der Waals surface area (Å²) in [6.45, 7) is 5.63. The summed E-state index contributed by atoms with van der Waals surface area (Å²) in [4.78, 5) is 31.3. The molecule has 1 aromatic heterocycles. The molecule has 1 aromatic carbocycles. The molecule has 0 aliphatic carbocycles. The summed E-state index contributed by atoms with van der Waals surface area (Å²) >= 11 is 0. The molecule has 2 fully saturated rings. The van der Waals surface area contributed by atoms with Crippen LogP contribution in [0.15, 0.2) is 36.4 Å². The highest BCUT2D eigenvalue weighted by Gasteiger charge is 2.38. The molecule has 2 amide bonds. The second-order valence-electron chi connectivity index (χ2n) is 7.99. The number of benzene rings is 1. The van der Waals surface area contributed by atoms with Crippen LogP contribution in [0.1, 0.15) is 19.8 Å². The SMILES string of the molecule is CCCOc1ccc(N2CCN(C(=O)C3CC(=O)N(c4ccc(OC)cc4)C3)CC2)nn1. The van der Waals surface area contributed by atoms with Gasteiger partial charge in [-0.2, -0.15) is 0 Å². The van der Waals surface area contributed by atoms with E-state index in [1.807, 2.05) is 48.2 Å². The van der Waals surface area contributed by atoms with Crippen LogP contribution in [0.3, 0.4) is 0 Å². The Morgan fingerprint density at radius 3 is 2.44 bits per heavy atom. The van der Waals surface area contributed by atoms with Gasteiger partial charge in [0.15, 0.2) is 5.82 Å². The van der Waals surface area contributed by atoms with Crippen LogP contribution in [0, 0.1) is 5.92 Å². The number of anilines is 2. The van der Waals surface area contributed by atoms with E-state index in [2.05, 4.69) is 15.1 Å². The van der Waals surface area contributed by atoms with Gasteiger partial charge in [-0.3, -0.25) is 9.59 Å². The van der Waals surface area contributed by atoms with Crippen LogP contribution in [0.25, 0.3) is 0 Å². The number of nitrogens with zero attached hydrogens (tertiary/aromatic N) is 5. The van der Waals surface area contributed by atoms with Gasteiger partial charge in [0, 0.05) is 50.9 Å². The highest BCUT2D eigenvalue weighted by atomic mass is 16.5. The van der Waals surface area contributed by atoms with Crippen molar-refractivity contribution >= 4 is 23.3 Å². The maximum Gasteiger partial charge on any atom is 0.233 e. The van der Waals surface area contributed by atoms with Gasteiger partial charge >= 0.3 is 0 Å². The van der Waals surface area contributed by atoms with Gasteiger partial charge in [-0.05, 0) is 36.8 Å². The van der Waals surface area contributed by atoms with Gasteiger partial charge in [0.2, 0.25) is 17.7 Å². The Bertz CT molecular complexity index is 926. The van der Waals surface area contributed by atoms with Gasteiger partial charge < -0.3 is 24.2 Å². The molecule has 0 saturated carbocycles. The molecule has 32 heavy (non-hydrogen) atoms. The average molecular weight is 440 g/mol. The van der Waals surface area contributed by atoms with E-state index in [-0.39, 0.29) is 24.2 Å². The Morgan fingerprint density at radius 1 is 1.06 bits per heavy atom. The highest BCUT2D eigenvalue weighted by molar-refractivity contribution is 6.00. The first kappa shape index (κ1) is 21.9. The highest BCUT2D eigenvalue weighted by Crippen LogP contribution is 2.28. The Morgan fingerprint density at radius 2 is 1.81 bits per heavy atom. The third kappa shape index (κ3) is 4.76. The lowest BCUT2D eigenvalue weighted by Crippen LogP contribution is -2.51. The standard InChI is InChI=1S/C23H29N5O4/c1-3-14-32-21-9-8-20(24-25-21)26-10-12-27(13-11-26)23(30)17-15-22(29)28(16-17)18-4-6-19(31-2)7-5-18/h4-9,17H,3,10-16H2,1-2H3. The van der Waals surface area contributed by atoms with Crippen molar-refractivity contribution in [2.45, 2.75) is 19.8 Å². The van der Waals surface area contributed by atoms with E-state index in [9.17, 15) is 9.59 Å². The molecule has 1 atom stereocenters. The van der Waals surface area contributed by atoms with Crippen molar-refractivity contribution in [2.24, 2.45) is 5.92 Å². The number of piperazine rings is 1. The lowest BCUT2D eigenvalue weighted by Gasteiger charge is -2.36. The molecule has 0 spiro atoms. The van der Waals surface area contributed by atoms with Crippen LogP contribution in [-0.4, -0.2) is 73.4 Å². The van der Waals surface area contributed by atoms with Crippen molar-refractivity contribution in [3.05, 3.63) is 36.4 Å². The number of hydrogen-bond donors (Lipinski definition) is 0. The topological polar surface area (TPSA) is 88.1 Å². The average Bonchev–Trinajstić information content (AvgIpc) is 3.24. The first-order valence-electron chi connectivity index (χ1n) is 11.0. The summed E-state index contributed by atoms with van der Waals surface area (Å²) < 4.78 is 10.7. The van der Waals surface area contributed by atoms with Crippen LogP contribution < -0.4 is 19.3 Å². The van der Waals surface area contributed by atoms with Crippen molar-refractivity contribution in [3.63, 3.8) is 0 Å². The molecule has 2 aromatic rings. The zero-order valence-electron chi connectivity index (χ0n) is 18.6. The van der Waals surface area contributed by atoms with E-state index in [1.54, 1.807) is 12.0 Å². The summed E-state index contributed by atoms with van der Waals surface area (Å²) in [5, 5.41) is 8.38. The van der Waals surface area contributed by atoms with Gasteiger partial charge in [-0.15, -0.1) is 10.2 Å². The Hall–Kier alpha value is -3.36. The molecule has 4 rings (SSSR count). The van der Waals surface area contributed by atoms with Crippen LogP contribution in [0.5, 0.6) is 11.6 Å². The first-order chi connectivity index (χ1) is 15.6. The number of rotatable bonds is 7. The molecule has 2 saturated heterocycles. The molecule has 1 unspecified atom stereocenters. The molecule has 0 N–H and O–H groups in total. The van der Waals surface area contributed by atoms with Crippen LogP contribution in [-0.2, 0) is 9.59 Å². The second kappa shape index (κ2) is 9.84. The van der Waals surface area contributed by atoms with Crippen molar-refractivity contribution in [3.8, 4) is 11.6 Å². The minimum absolute atomic E-state index is 0.0205. The van der Waals surface area contributed by atoms with E-state index in [4.69, 9.17) is 9.47 Å². The number of aromatic nitrogens is 2. The predicted molar refractivity (Wildman–Crippen MR) is 120 cm³/mol. The number of amides is 2. The Balaban J connectivity index is 1.31. The van der Waals surface area contributed by atoms with E-state index < -0.39 is 0 Å². The van der Waals surface area contributed by atoms with E-state index in [1.165, 1.54) is 0 Å². The largest absolute Gasteiger partial charge is 0.497 e. The minimum Gasteiger partial charge on any atom is -0.497 e. The Kier molecular flexibility index (Phi) is 6.72. The summed E-state index contributed by atoms with van der Waals surface area (Å²) in [5.74, 6) is 1.75. The zero-order valence-corrected chi connectivity index (χ0v) is 18.6. The third-order valence-electron chi connectivity index (χ3n) is 5.85. The first-order valence-corrected chi connectivity index (χ1v) is 11.0. The van der Waals surface area contributed by atoms with E-state index in [0.29, 0.717) is 45.2 Å². The molecular weight excluding hydrogens is 410 g/mol. The van der Waals surface area contributed by atoms with E-state index in [0.717, 1.165) is 23.7 Å². The lowest BCUT2D eigenvalue weighted by atomic mass is 10.1. The molecule has 2 aliphatic heterocycles. The van der Waals surface area contributed by atoms with Gasteiger partial charge in [-0.1, -0.05) is 6.92 Å². The van der Waals surface area contributed by atoms with Gasteiger partial charge in [0.1, 0.15) is 5.75 Å². The summed E-state index contributed by atoms with van der Waals surface area (Å²) in [6.07, 6.45) is 1.17. The smallest absolute Gasteiger partial charge is 0.233 e. The Labute approximate surface area is 187 Å². The van der Waals surface area contributed by atoms with E-state index >= 15 is 0 Å². The number of carbonyl (C=O) groups is 2. The maximum absolute atomic E-state index is 13.1. The third-order valence-corrected chi connectivity index (χ3v) is 5.85. The van der Waals surface area contributed by atoms with Crippen LogP contribution in [0.4, 0.5) is 11.5 Å². The fourth-order valence-corrected chi connectivity index (χ4v) is 4.06. The summed E-state index contributed by atoms with van der Waals surface area (Å²) in [7, 11) is 1.61. The predicted octanol–water partition coefficient (Wildman–Crippen LogP) is 1.98. The summed E-state index contributed by atoms with van der Waals surface area (Å²) in [6, 6.07) is 11.1. The number of carbonyl (C=O) groups excluding carboxylic acids is 2. The normalized spacial score (nSPS) is 18.8. The zero-order chi connectivity index (χ0) is 22.5. The van der Waals surface area contributed by atoms with Gasteiger partial charge in [-0.25, -0.2) is 0 Å². The fourth-order valence-electron chi connectivity index (χ4n) is 4.06. The van der Waals surface area contributed by atoms with Crippen molar-refractivity contribution in [2.75, 3.05) is 56.2 Å².